The van der Waals surface area contributed by atoms with Gasteiger partial charge in [-0.15, -0.1) is 11.3 Å². The van der Waals surface area contributed by atoms with Crippen LogP contribution in [0.5, 0.6) is 0 Å². The molecule has 0 aliphatic heterocycles. The van der Waals surface area contributed by atoms with Crippen LogP contribution < -0.4 is 0 Å². The first-order chi connectivity index (χ1) is 8.22. The minimum absolute atomic E-state index is 0.449. The number of rotatable bonds is 3. The summed E-state index contributed by atoms with van der Waals surface area (Å²) in [6, 6.07) is 7.52. The molecule has 0 atom stereocenters. The number of aryl methyl sites for hydroxylation is 1. The minimum atomic E-state index is 0.449. The van der Waals surface area contributed by atoms with Gasteiger partial charge in [-0.3, -0.25) is 0 Å². The first kappa shape index (κ1) is 12.0. The SMILES string of the molecule is CCCc1nc(Cl)cc(-c2ccc(C#N)s2)n1. The third kappa shape index (κ3) is 2.82. The average Bonchev–Trinajstić information content (AvgIpc) is 2.77. The number of nitrogens with zero attached hydrogens (tertiary/aromatic N) is 3. The Morgan fingerprint density at radius 1 is 1.41 bits per heavy atom. The number of aromatic nitrogens is 2. The Labute approximate surface area is 109 Å². The predicted molar refractivity (Wildman–Crippen MR) is 69.1 cm³/mol. The van der Waals surface area contributed by atoms with Crippen LogP contribution in [-0.4, -0.2) is 9.97 Å². The van der Waals surface area contributed by atoms with Gasteiger partial charge in [0.2, 0.25) is 0 Å². The minimum Gasteiger partial charge on any atom is -0.232 e. The van der Waals surface area contributed by atoms with Crippen LogP contribution in [0.4, 0.5) is 0 Å². The molecule has 2 aromatic rings. The van der Waals surface area contributed by atoms with E-state index in [0.717, 1.165) is 29.2 Å². The second-order valence-corrected chi connectivity index (χ2v) is 4.99. The molecule has 86 valence electrons. The maximum Gasteiger partial charge on any atom is 0.133 e. The Kier molecular flexibility index (Phi) is 3.72. The zero-order chi connectivity index (χ0) is 12.3. The van der Waals surface area contributed by atoms with Crippen LogP contribution in [0.3, 0.4) is 0 Å². The van der Waals surface area contributed by atoms with E-state index in [0.29, 0.717) is 10.0 Å². The Balaban J connectivity index is 2.41. The molecule has 0 unspecified atom stereocenters. The van der Waals surface area contributed by atoms with E-state index in [9.17, 15) is 0 Å². The summed E-state index contributed by atoms with van der Waals surface area (Å²) in [6.45, 7) is 2.07. The maximum absolute atomic E-state index is 8.79. The number of hydrogen-bond donors (Lipinski definition) is 0. The van der Waals surface area contributed by atoms with E-state index >= 15 is 0 Å². The van der Waals surface area contributed by atoms with Crippen LogP contribution in [0.25, 0.3) is 10.6 Å². The molecular formula is C12H10ClN3S. The average molecular weight is 264 g/mol. The Morgan fingerprint density at radius 2 is 2.24 bits per heavy atom. The lowest BCUT2D eigenvalue weighted by molar-refractivity contribution is 0.837. The molecule has 0 bridgehead atoms. The first-order valence-electron chi connectivity index (χ1n) is 5.26. The molecule has 2 rings (SSSR count). The van der Waals surface area contributed by atoms with Gasteiger partial charge in [0.05, 0.1) is 10.6 Å². The number of hydrogen-bond acceptors (Lipinski definition) is 4. The van der Waals surface area contributed by atoms with Crippen molar-refractivity contribution in [1.82, 2.24) is 9.97 Å². The Morgan fingerprint density at radius 3 is 2.88 bits per heavy atom. The number of nitriles is 1. The summed E-state index contributed by atoms with van der Waals surface area (Å²) in [5.41, 5.74) is 0.792. The Bertz CT molecular complexity index is 571. The summed E-state index contributed by atoms with van der Waals surface area (Å²) in [5, 5.41) is 9.24. The fraction of sp³-hybridized carbons (Fsp3) is 0.250. The third-order valence-electron chi connectivity index (χ3n) is 2.18. The van der Waals surface area contributed by atoms with Crippen molar-refractivity contribution in [3.05, 3.63) is 34.1 Å². The molecule has 0 fully saturated rings. The van der Waals surface area contributed by atoms with Crippen LogP contribution in [0.15, 0.2) is 18.2 Å². The first-order valence-corrected chi connectivity index (χ1v) is 6.46. The normalized spacial score (nSPS) is 10.2. The zero-order valence-electron chi connectivity index (χ0n) is 9.27. The van der Waals surface area contributed by atoms with Crippen LogP contribution in [0.2, 0.25) is 5.15 Å². The van der Waals surface area contributed by atoms with Gasteiger partial charge < -0.3 is 0 Å². The molecule has 5 heteroatoms. The van der Waals surface area contributed by atoms with Gasteiger partial charge in [0, 0.05) is 12.5 Å². The third-order valence-corrected chi connectivity index (χ3v) is 3.39. The fourth-order valence-electron chi connectivity index (χ4n) is 1.46. The van der Waals surface area contributed by atoms with E-state index in [-0.39, 0.29) is 0 Å². The topological polar surface area (TPSA) is 49.6 Å². The molecule has 0 aliphatic rings. The molecule has 0 amide bonds. The Hall–Kier alpha value is -1.44. The molecule has 0 radical (unpaired) electrons. The van der Waals surface area contributed by atoms with Crippen LogP contribution in [-0.2, 0) is 6.42 Å². The fourth-order valence-corrected chi connectivity index (χ4v) is 2.43. The second kappa shape index (κ2) is 5.26. The van der Waals surface area contributed by atoms with Crippen molar-refractivity contribution in [3.8, 4) is 16.6 Å². The van der Waals surface area contributed by atoms with Crippen molar-refractivity contribution in [2.24, 2.45) is 0 Å². The van der Waals surface area contributed by atoms with E-state index in [4.69, 9.17) is 16.9 Å². The molecule has 0 aliphatic carbocycles. The summed E-state index contributed by atoms with van der Waals surface area (Å²) >= 11 is 7.38. The van der Waals surface area contributed by atoms with Gasteiger partial charge in [0.25, 0.3) is 0 Å². The number of halogens is 1. The van der Waals surface area contributed by atoms with Crippen molar-refractivity contribution in [1.29, 1.82) is 5.26 Å². The molecule has 0 spiro atoms. The van der Waals surface area contributed by atoms with Crippen LogP contribution in [0, 0.1) is 11.3 Å². The molecule has 2 aromatic heterocycles. The summed E-state index contributed by atoms with van der Waals surface area (Å²) in [5.74, 6) is 0.752. The lowest BCUT2D eigenvalue weighted by atomic mass is 10.3. The van der Waals surface area contributed by atoms with Crippen LogP contribution in [0.1, 0.15) is 24.0 Å². The summed E-state index contributed by atoms with van der Waals surface area (Å²) < 4.78 is 0. The van der Waals surface area contributed by atoms with Crippen LogP contribution >= 0.6 is 22.9 Å². The molecule has 17 heavy (non-hydrogen) atoms. The van der Waals surface area contributed by atoms with Gasteiger partial charge in [0.1, 0.15) is 21.9 Å². The molecule has 0 saturated heterocycles. The summed E-state index contributed by atoms with van der Waals surface area (Å²) in [7, 11) is 0. The largest absolute Gasteiger partial charge is 0.232 e. The standard InChI is InChI=1S/C12H10ClN3S/c1-2-3-12-15-9(6-11(13)16-12)10-5-4-8(7-14)17-10/h4-6H,2-3H2,1H3. The number of thiophene rings is 1. The molecule has 0 aromatic carbocycles. The van der Waals surface area contributed by atoms with E-state index < -0.39 is 0 Å². The van der Waals surface area contributed by atoms with E-state index in [1.807, 2.05) is 6.07 Å². The highest BCUT2D eigenvalue weighted by Crippen LogP contribution is 2.27. The molecule has 3 nitrogen and oxygen atoms in total. The van der Waals surface area contributed by atoms with Gasteiger partial charge in [-0.2, -0.15) is 5.26 Å². The quantitative estimate of drug-likeness (QED) is 0.794. The van der Waals surface area contributed by atoms with Crippen molar-refractivity contribution in [3.63, 3.8) is 0 Å². The van der Waals surface area contributed by atoms with Gasteiger partial charge in [0.15, 0.2) is 0 Å². The summed E-state index contributed by atoms with van der Waals surface area (Å²) in [4.78, 5) is 10.2. The molecule has 0 saturated carbocycles. The van der Waals surface area contributed by atoms with Crippen molar-refractivity contribution in [2.45, 2.75) is 19.8 Å². The summed E-state index contributed by atoms with van der Waals surface area (Å²) in [6.07, 6.45) is 1.79. The van der Waals surface area contributed by atoms with E-state index in [2.05, 4.69) is 23.0 Å². The highest BCUT2D eigenvalue weighted by molar-refractivity contribution is 7.15. The van der Waals surface area contributed by atoms with E-state index in [1.54, 1.807) is 12.1 Å². The molecule has 2 heterocycles. The van der Waals surface area contributed by atoms with Crippen molar-refractivity contribution >= 4 is 22.9 Å². The van der Waals surface area contributed by atoms with E-state index in [1.165, 1.54) is 11.3 Å². The predicted octanol–water partition coefficient (Wildman–Crippen LogP) is 3.68. The lowest BCUT2D eigenvalue weighted by Crippen LogP contribution is -1.96. The van der Waals surface area contributed by atoms with Crippen molar-refractivity contribution in [2.75, 3.05) is 0 Å². The molecular weight excluding hydrogens is 254 g/mol. The highest BCUT2D eigenvalue weighted by atomic mass is 35.5. The van der Waals surface area contributed by atoms with Gasteiger partial charge in [-0.1, -0.05) is 18.5 Å². The second-order valence-electron chi connectivity index (χ2n) is 3.52. The highest BCUT2D eigenvalue weighted by Gasteiger charge is 2.07. The van der Waals surface area contributed by atoms with Gasteiger partial charge in [-0.25, -0.2) is 9.97 Å². The molecule has 0 N–H and O–H groups in total. The van der Waals surface area contributed by atoms with Gasteiger partial charge >= 0.3 is 0 Å². The van der Waals surface area contributed by atoms with Crippen molar-refractivity contribution < 1.29 is 0 Å². The lowest BCUT2D eigenvalue weighted by Gasteiger charge is -2.02. The smallest absolute Gasteiger partial charge is 0.133 e. The van der Waals surface area contributed by atoms with Gasteiger partial charge in [-0.05, 0) is 18.6 Å². The maximum atomic E-state index is 8.79. The monoisotopic (exact) mass is 263 g/mol. The zero-order valence-corrected chi connectivity index (χ0v) is 10.8.